The highest BCUT2D eigenvalue weighted by Gasteiger charge is 2.08. The Bertz CT molecular complexity index is 883. The summed E-state index contributed by atoms with van der Waals surface area (Å²) >= 11 is 0. The summed E-state index contributed by atoms with van der Waals surface area (Å²) in [6.07, 6.45) is 2.46. The van der Waals surface area contributed by atoms with Gasteiger partial charge in [0.15, 0.2) is 11.7 Å². The Kier molecular flexibility index (Phi) is 7.33. The Morgan fingerprint density at radius 2 is 1.97 bits per heavy atom. The van der Waals surface area contributed by atoms with Crippen LogP contribution >= 0.6 is 0 Å². The first-order valence-corrected chi connectivity index (χ1v) is 9.77. The van der Waals surface area contributed by atoms with E-state index in [-0.39, 0.29) is 0 Å². The molecule has 2 heterocycles. The number of hydrogen-bond donors (Lipinski definition) is 2. The molecule has 0 fully saturated rings. The molecule has 0 aliphatic rings. The monoisotopic (exact) mass is 396 g/mol. The quantitative estimate of drug-likeness (QED) is 0.422. The zero-order valence-electron chi connectivity index (χ0n) is 17.1. The van der Waals surface area contributed by atoms with Gasteiger partial charge in [-0.15, -0.1) is 0 Å². The number of hydrogen-bond acceptors (Lipinski definition) is 5. The average molecular weight is 396 g/mol. The van der Waals surface area contributed by atoms with Gasteiger partial charge in [0.2, 0.25) is 0 Å². The van der Waals surface area contributed by atoms with Gasteiger partial charge in [0.05, 0.1) is 32.2 Å². The predicted octanol–water partition coefficient (Wildman–Crippen LogP) is 3.88. The summed E-state index contributed by atoms with van der Waals surface area (Å²) in [5, 5.41) is 10.8. The van der Waals surface area contributed by atoms with E-state index >= 15 is 0 Å². The van der Waals surface area contributed by atoms with Gasteiger partial charge in [0, 0.05) is 19.0 Å². The minimum atomic E-state index is 0.335. The van der Waals surface area contributed by atoms with E-state index in [1.807, 2.05) is 42.5 Å². The van der Waals surface area contributed by atoms with Gasteiger partial charge >= 0.3 is 0 Å². The molecule has 154 valence electrons. The van der Waals surface area contributed by atoms with E-state index in [1.54, 1.807) is 13.4 Å². The van der Waals surface area contributed by atoms with Crippen molar-refractivity contribution < 1.29 is 13.7 Å². The average Bonchev–Trinajstić information content (AvgIpc) is 3.42. The lowest BCUT2D eigenvalue weighted by Crippen LogP contribution is -2.38. The van der Waals surface area contributed by atoms with Crippen LogP contribution in [0.4, 0.5) is 0 Å². The van der Waals surface area contributed by atoms with Gasteiger partial charge < -0.3 is 24.3 Å². The molecule has 2 N–H and O–H groups in total. The third kappa shape index (κ3) is 6.41. The Balaban J connectivity index is 1.60. The first-order valence-electron chi connectivity index (χ1n) is 9.77. The van der Waals surface area contributed by atoms with E-state index in [9.17, 15) is 0 Å². The van der Waals surface area contributed by atoms with E-state index in [1.165, 1.54) is 0 Å². The van der Waals surface area contributed by atoms with Crippen LogP contribution in [-0.4, -0.2) is 24.8 Å². The molecule has 0 radical (unpaired) electrons. The molecule has 0 saturated carbocycles. The molecule has 0 atom stereocenters. The summed E-state index contributed by atoms with van der Waals surface area (Å²) in [5.41, 5.74) is 2.05. The van der Waals surface area contributed by atoms with Crippen molar-refractivity contribution in [2.24, 2.45) is 4.99 Å². The van der Waals surface area contributed by atoms with Crippen LogP contribution in [0, 0.1) is 0 Å². The topological polar surface area (TPSA) is 84.8 Å². The van der Waals surface area contributed by atoms with E-state index < -0.39 is 0 Å². The molecule has 29 heavy (non-hydrogen) atoms. The van der Waals surface area contributed by atoms with Crippen LogP contribution < -0.4 is 15.4 Å². The van der Waals surface area contributed by atoms with Gasteiger partial charge in [0.25, 0.3) is 0 Å². The maximum atomic E-state index is 5.40. The molecule has 7 heteroatoms. The van der Waals surface area contributed by atoms with Crippen molar-refractivity contribution in [3.63, 3.8) is 0 Å². The Morgan fingerprint density at radius 3 is 2.62 bits per heavy atom. The molecule has 7 nitrogen and oxygen atoms in total. The molecule has 0 bridgehead atoms. The molecular weight excluding hydrogens is 368 g/mol. The Labute approximate surface area is 171 Å². The third-order valence-corrected chi connectivity index (χ3v) is 4.42. The van der Waals surface area contributed by atoms with Crippen molar-refractivity contribution in [3.8, 4) is 5.75 Å². The van der Waals surface area contributed by atoms with E-state index in [2.05, 4.69) is 34.6 Å². The molecule has 3 aromatic rings. The highest BCUT2D eigenvalue weighted by Crippen LogP contribution is 2.14. The van der Waals surface area contributed by atoms with Crippen molar-refractivity contribution in [2.45, 2.75) is 39.3 Å². The minimum absolute atomic E-state index is 0.335. The number of ether oxygens (including phenoxy) is 1. The summed E-state index contributed by atoms with van der Waals surface area (Å²) < 4.78 is 16.0. The van der Waals surface area contributed by atoms with E-state index in [0.717, 1.165) is 34.9 Å². The van der Waals surface area contributed by atoms with Crippen LogP contribution in [0.1, 0.15) is 42.5 Å². The molecule has 0 saturated heterocycles. The fraction of sp³-hybridized carbons (Fsp3) is 0.364. The SMILES string of the molecule is COc1ccc(CN=C(NCCc2ccco2)NCc2cc(C(C)C)no2)cc1. The molecule has 3 rings (SSSR count). The summed E-state index contributed by atoms with van der Waals surface area (Å²) in [7, 11) is 1.66. The van der Waals surface area contributed by atoms with Crippen LogP contribution in [0.2, 0.25) is 0 Å². The Hall–Kier alpha value is -3.22. The second-order valence-electron chi connectivity index (χ2n) is 7.00. The van der Waals surface area contributed by atoms with Crippen LogP contribution in [0.25, 0.3) is 0 Å². The van der Waals surface area contributed by atoms with E-state index in [0.29, 0.717) is 31.5 Å². The van der Waals surface area contributed by atoms with Gasteiger partial charge in [-0.3, -0.25) is 0 Å². The smallest absolute Gasteiger partial charge is 0.191 e. The number of methoxy groups -OCH3 is 1. The van der Waals surface area contributed by atoms with Crippen LogP contribution in [0.5, 0.6) is 5.75 Å². The zero-order valence-corrected chi connectivity index (χ0v) is 17.1. The van der Waals surface area contributed by atoms with Crippen LogP contribution in [0.15, 0.2) is 62.7 Å². The summed E-state index contributed by atoms with van der Waals surface area (Å²) in [6, 6.07) is 13.7. The highest BCUT2D eigenvalue weighted by molar-refractivity contribution is 5.79. The molecular formula is C22H28N4O3. The first kappa shape index (κ1) is 20.5. The van der Waals surface area contributed by atoms with Gasteiger partial charge in [-0.1, -0.05) is 31.1 Å². The largest absolute Gasteiger partial charge is 0.497 e. The highest BCUT2D eigenvalue weighted by atomic mass is 16.5. The zero-order chi connectivity index (χ0) is 20.5. The maximum Gasteiger partial charge on any atom is 0.191 e. The number of aliphatic imine (C=N–C) groups is 1. The second-order valence-corrected chi connectivity index (χ2v) is 7.00. The minimum Gasteiger partial charge on any atom is -0.497 e. The number of nitrogens with one attached hydrogen (secondary N) is 2. The molecule has 2 aromatic heterocycles. The molecule has 0 amide bonds. The fourth-order valence-electron chi connectivity index (χ4n) is 2.69. The molecule has 0 aliphatic heterocycles. The van der Waals surface area contributed by atoms with Crippen molar-refractivity contribution in [1.29, 1.82) is 0 Å². The Morgan fingerprint density at radius 1 is 1.14 bits per heavy atom. The number of rotatable bonds is 9. The fourth-order valence-corrected chi connectivity index (χ4v) is 2.69. The lowest BCUT2D eigenvalue weighted by Gasteiger charge is -2.11. The summed E-state index contributed by atoms with van der Waals surface area (Å²) in [4.78, 5) is 4.69. The van der Waals surface area contributed by atoms with Crippen molar-refractivity contribution in [1.82, 2.24) is 15.8 Å². The summed E-state index contributed by atoms with van der Waals surface area (Å²) in [6.45, 7) is 5.94. The number of nitrogens with zero attached hydrogens (tertiary/aromatic N) is 2. The van der Waals surface area contributed by atoms with Crippen molar-refractivity contribution >= 4 is 5.96 Å². The second kappa shape index (κ2) is 10.4. The normalized spacial score (nSPS) is 11.7. The predicted molar refractivity (Wildman–Crippen MR) is 112 cm³/mol. The van der Waals surface area contributed by atoms with Gasteiger partial charge in [0.1, 0.15) is 11.5 Å². The number of furan rings is 1. The number of benzene rings is 1. The number of aromatic nitrogens is 1. The lowest BCUT2D eigenvalue weighted by molar-refractivity contribution is 0.372. The maximum absolute atomic E-state index is 5.40. The van der Waals surface area contributed by atoms with Crippen LogP contribution in [-0.2, 0) is 19.5 Å². The van der Waals surface area contributed by atoms with E-state index in [4.69, 9.17) is 13.7 Å². The molecule has 0 aliphatic carbocycles. The molecule has 0 spiro atoms. The standard InChI is InChI=1S/C22H28N4O3/c1-16(2)21-13-20(29-26-21)15-25-22(23-11-10-19-5-4-12-28-19)24-14-17-6-8-18(27-3)9-7-17/h4-9,12-13,16H,10-11,14-15H2,1-3H3,(H2,23,24,25). The van der Waals surface area contributed by atoms with Crippen molar-refractivity contribution in [3.05, 3.63) is 71.5 Å². The van der Waals surface area contributed by atoms with Crippen molar-refractivity contribution in [2.75, 3.05) is 13.7 Å². The van der Waals surface area contributed by atoms with Crippen LogP contribution in [0.3, 0.4) is 0 Å². The third-order valence-electron chi connectivity index (χ3n) is 4.42. The van der Waals surface area contributed by atoms with Gasteiger partial charge in [-0.2, -0.15) is 0 Å². The van der Waals surface area contributed by atoms with Gasteiger partial charge in [-0.05, 0) is 35.7 Å². The lowest BCUT2D eigenvalue weighted by atomic mass is 10.1. The first-order chi connectivity index (χ1) is 14.1. The summed E-state index contributed by atoms with van der Waals surface area (Å²) in [5.74, 6) is 3.58. The van der Waals surface area contributed by atoms with Gasteiger partial charge in [-0.25, -0.2) is 4.99 Å². The number of guanidine groups is 1. The molecule has 0 unspecified atom stereocenters. The molecule has 1 aromatic carbocycles.